The van der Waals surface area contributed by atoms with E-state index in [-0.39, 0.29) is 0 Å². The van der Waals surface area contributed by atoms with Gasteiger partial charge >= 0.3 is 0 Å². The molecule has 1 saturated heterocycles. The van der Waals surface area contributed by atoms with E-state index in [4.69, 9.17) is 14.5 Å². The summed E-state index contributed by atoms with van der Waals surface area (Å²) in [5.74, 6) is 1.84. The molecule has 2 aromatic heterocycles. The summed E-state index contributed by atoms with van der Waals surface area (Å²) < 4.78 is 10.7. The number of hydrogen-bond acceptors (Lipinski definition) is 9. The standard InChI is InChI=1S/C24H22N6O2S/c1-31-12-13-32-19-7-5-17(6-8-19)22-20(14-25)23(30-10-3-11-30)28-24(21(22)15-26)33-16-18-4-2-9-27-29-18/h2,4-9H,3,10-13,16H2,1H3. The highest BCUT2D eigenvalue weighted by molar-refractivity contribution is 7.98. The number of benzene rings is 1. The predicted octanol–water partition coefficient (Wildman–Crippen LogP) is 3.81. The minimum Gasteiger partial charge on any atom is -0.491 e. The molecule has 33 heavy (non-hydrogen) atoms. The SMILES string of the molecule is COCCOc1ccc(-c2c(C#N)c(SCc3cccnn3)nc(N3CCC3)c2C#N)cc1. The number of methoxy groups -OCH3 is 1. The largest absolute Gasteiger partial charge is 0.491 e. The first-order chi connectivity index (χ1) is 16.2. The van der Waals surface area contributed by atoms with Crippen LogP contribution in [0.4, 0.5) is 5.82 Å². The van der Waals surface area contributed by atoms with Gasteiger partial charge in [-0.3, -0.25) is 0 Å². The molecule has 166 valence electrons. The highest BCUT2D eigenvalue weighted by atomic mass is 32.2. The summed E-state index contributed by atoms with van der Waals surface area (Å²) in [7, 11) is 1.62. The first-order valence-electron chi connectivity index (χ1n) is 10.5. The molecule has 1 aliphatic heterocycles. The lowest BCUT2D eigenvalue weighted by Crippen LogP contribution is -2.38. The summed E-state index contributed by atoms with van der Waals surface area (Å²) in [6.07, 6.45) is 2.68. The Morgan fingerprint density at radius 2 is 1.85 bits per heavy atom. The number of ether oxygens (including phenoxy) is 2. The third-order valence-corrected chi connectivity index (χ3v) is 6.22. The number of thioether (sulfide) groups is 1. The van der Waals surface area contributed by atoms with Crippen LogP contribution >= 0.6 is 11.8 Å². The van der Waals surface area contributed by atoms with Gasteiger partial charge in [0.15, 0.2) is 0 Å². The normalized spacial score (nSPS) is 12.5. The molecule has 0 unspecified atom stereocenters. The van der Waals surface area contributed by atoms with Crippen LogP contribution < -0.4 is 9.64 Å². The van der Waals surface area contributed by atoms with Gasteiger partial charge in [-0.25, -0.2) is 4.98 Å². The van der Waals surface area contributed by atoms with E-state index in [0.29, 0.717) is 52.3 Å². The number of nitriles is 2. The molecule has 1 fully saturated rings. The predicted molar refractivity (Wildman–Crippen MR) is 125 cm³/mol. The molecule has 0 aliphatic carbocycles. The van der Waals surface area contributed by atoms with Crippen LogP contribution in [-0.2, 0) is 10.5 Å². The number of aromatic nitrogens is 3. The van der Waals surface area contributed by atoms with E-state index in [1.165, 1.54) is 11.8 Å². The minimum absolute atomic E-state index is 0.387. The summed E-state index contributed by atoms with van der Waals surface area (Å²) in [5, 5.41) is 28.8. The summed E-state index contributed by atoms with van der Waals surface area (Å²) in [6.45, 7) is 2.62. The van der Waals surface area contributed by atoms with Crippen molar-refractivity contribution in [1.82, 2.24) is 15.2 Å². The van der Waals surface area contributed by atoms with Gasteiger partial charge in [0.25, 0.3) is 0 Å². The minimum atomic E-state index is 0.387. The molecule has 0 N–H and O–H groups in total. The highest BCUT2D eigenvalue weighted by Gasteiger charge is 2.27. The Balaban J connectivity index is 1.75. The van der Waals surface area contributed by atoms with Gasteiger partial charge in [0.1, 0.15) is 40.9 Å². The molecule has 0 amide bonds. The smallest absolute Gasteiger partial charge is 0.148 e. The van der Waals surface area contributed by atoms with Gasteiger partial charge in [-0.1, -0.05) is 23.9 Å². The molecule has 9 heteroatoms. The molecule has 3 heterocycles. The molecule has 3 aromatic rings. The molecular weight excluding hydrogens is 436 g/mol. The lowest BCUT2D eigenvalue weighted by Gasteiger charge is -2.33. The van der Waals surface area contributed by atoms with Gasteiger partial charge in [-0.15, -0.1) is 0 Å². The second-order valence-electron chi connectivity index (χ2n) is 7.30. The second kappa shape index (κ2) is 10.8. The zero-order valence-corrected chi connectivity index (χ0v) is 19.0. The third-order valence-electron chi connectivity index (χ3n) is 5.21. The summed E-state index contributed by atoms with van der Waals surface area (Å²) in [6, 6.07) is 15.7. The van der Waals surface area contributed by atoms with Crippen molar-refractivity contribution in [3.8, 4) is 29.0 Å². The molecule has 0 saturated carbocycles. The Hall–Kier alpha value is -3.66. The molecule has 1 aliphatic rings. The van der Waals surface area contributed by atoms with Crippen LogP contribution in [0.3, 0.4) is 0 Å². The van der Waals surface area contributed by atoms with E-state index in [1.807, 2.05) is 36.4 Å². The lowest BCUT2D eigenvalue weighted by atomic mass is 9.96. The second-order valence-corrected chi connectivity index (χ2v) is 8.26. The number of hydrogen-bond donors (Lipinski definition) is 0. The number of pyridine rings is 1. The lowest BCUT2D eigenvalue weighted by molar-refractivity contribution is 0.146. The number of rotatable bonds is 9. The molecule has 4 rings (SSSR count). The summed E-state index contributed by atoms with van der Waals surface area (Å²) in [5.41, 5.74) is 2.97. The molecular formula is C24H22N6O2S. The molecule has 0 bridgehead atoms. The maximum atomic E-state index is 10.1. The fourth-order valence-corrected chi connectivity index (χ4v) is 4.31. The molecule has 0 radical (unpaired) electrons. The fraction of sp³-hybridized carbons (Fsp3) is 0.292. The van der Waals surface area contributed by atoms with Crippen LogP contribution in [-0.4, -0.2) is 48.6 Å². The molecule has 1 aromatic carbocycles. The fourth-order valence-electron chi connectivity index (χ4n) is 3.42. The van der Waals surface area contributed by atoms with Crippen molar-refractivity contribution in [2.75, 3.05) is 38.3 Å². The van der Waals surface area contributed by atoms with Crippen LogP contribution in [0.15, 0.2) is 47.6 Å². The van der Waals surface area contributed by atoms with E-state index in [0.717, 1.165) is 30.8 Å². The van der Waals surface area contributed by atoms with Gasteiger partial charge in [0, 0.05) is 37.7 Å². The monoisotopic (exact) mass is 458 g/mol. The van der Waals surface area contributed by atoms with Crippen molar-refractivity contribution in [2.24, 2.45) is 0 Å². The zero-order chi connectivity index (χ0) is 23.0. The van der Waals surface area contributed by atoms with Crippen molar-refractivity contribution in [2.45, 2.75) is 17.2 Å². The first-order valence-corrected chi connectivity index (χ1v) is 11.5. The van der Waals surface area contributed by atoms with Gasteiger partial charge < -0.3 is 14.4 Å². The summed E-state index contributed by atoms with van der Waals surface area (Å²) >= 11 is 1.42. The van der Waals surface area contributed by atoms with Crippen molar-refractivity contribution in [3.63, 3.8) is 0 Å². The number of anilines is 1. The maximum absolute atomic E-state index is 10.1. The van der Waals surface area contributed by atoms with Crippen molar-refractivity contribution in [1.29, 1.82) is 10.5 Å². The van der Waals surface area contributed by atoms with E-state index in [9.17, 15) is 10.5 Å². The van der Waals surface area contributed by atoms with E-state index in [2.05, 4.69) is 27.2 Å². The molecule has 8 nitrogen and oxygen atoms in total. The first kappa shape index (κ1) is 22.5. The van der Waals surface area contributed by atoms with Crippen LogP contribution in [0.5, 0.6) is 5.75 Å². The van der Waals surface area contributed by atoms with E-state index < -0.39 is 0 Å². The summed E-state index contributed by atoms with van der Waals surface area (Å²) in [4.78, 5) is 6.84. The van der Waals surface area contributed by atoms with Crippen molar-refractivity contribution >= 4 is 17.6 Å². The average molecular weight is 459 g/mol. The van der Waals surface area contributed by atoms with Gasteiger partial charge in [0.05, 0.1) is 17.9 Å². The molecule has 0 atom stereocenters. The average Bonchev–Trinajstić information content (AvgIpc) is 2.82. The highest BCUT2D eigenvalue weighted by Crippen LogP contribution is 2.39. The quantitative estimate of drug-likeness (QED) is 0.349. The van der Waals surface area contributed by atoms with Gasteiger partial charge in [-0.05, 0) is 36.2 Å². The number of nitrogens with zero attached hydrogens (tertiary/aromatic N) is 6. The Morgan fingerprint density at radius 3 is 2.45 bits per heavy atom. The Morgan fingerprint density at radius 1 is 1.06 bits per heavy atom. The van der Waals surface area contributed by atoms with Crippen LogP contribution in [0, 0.1) is 22.7 Å². The van der Waals surface area contributed by atoms with Gasteiger partial charge in [-0.2, -0.15) is 20.7 Å². The Kier molecular flexibility index (Phi) is 7.36. The van der Waals surface area contributed by atoms with Crippen molar-refractivity contribution in [3.05, 3.63) is 59.4 Å². The Bertz CT molecular complexity index is 1180. The topological polar surface area (TPSA) is 108 Å². The van der Waals surface area contributed by atoms with Gasteiger partial charge in [0.2, 0.25) is 0 Å². The third kappa shape index (κ3) is 5.06. The van der Waals surface area contributed by atoms with Crippen LogP contribution in [0.25, 0.3) is 11.1 Å². The van der Waals surface area contributed by atoms with E-state index in [1.54, 1.807) is 13.3 Å². The Labute approximate surface area is 196 Å². The van der Waals surface area contributed by atoms with Crippen LogP contribution in [0.2, 0.25) is 0 Å². The van der Waals surface area contributed by atoms with E-state index >= 15 is 0 Å². The zero-order valence-electron chi connectivity index (χ0n) is 18.2. The molecule has 0 spiro atoms. The maximum Gasteiger partial charge on any atom is 0.148 e. The van der Waals surface area contributed by atoms with Crippen LogP contribution in [0.1, 0.15) is 23.2 Å². The van der Waals surface area contributed by atoms with Crippen molar-refractivity contribution < 1.29 is 9.47 Å².